The lowest BCUT2D eigenvalue weighted by Gasteiger charge is -2.04. The zero-order valence-corrected chi connectivity index (χ0v) is 8.54. The molecule has 1 aromatic rings. The molecule has 0 atom stereocenters. The molecule has 1 radical (unpaired) electrons. The molecule has 0 nitrogen and oxygen atoms in total. The molecular weight excluding hydrogens is 191 g/mol. The molecule has 1 rings (SSSR count). The van der Waals surface area contributed by atoms with Gasteiger partial charge < -0.3 is 0 Å². The molecule has 0 unspecified atom stereocenters. The van der Waals surface area contributed by atoms with Gasteiger partial charge in [-0.15, -0.1) is 0 Å². The lowest BCUT2D eigenvalue weighted by atomic mass is 10.1. The summed E-state index contributed by atoms with van der Waals surface area (Å²) in [5.41, 5.74) is 1.03. The number of benzene rings is 1. The van der Waals surface area contributed by atoms with Gasteiger partial charge >= 0.3 is 0 Å². The van der Waals surface area contributed by atoms with Crippen molar-refractivity contribution >= 4 is 23.2 Å². The average molecular weight is 202 g/mol. The van der Waals surface area contributed by atoms with Gasteiger partial charge in [-0.05, 0) is 24.5 Å². The van der Waals surface area contributed by atoms with E-state index in [1.807, 2.05) is 6.07 Å². The van der Waals surface area contributed by atoms with E-state index in [0.717, 1.165) is 29.8 Å². The molecule has 0 spiro atoms. The van der Waals surface area contributed by atoms with Gasteiger partial charge in [-0.3, -0.25) is 0 Å². The topological polar surface area (TPSA) is 0 Å². The molecule has 2 heteroatoms. The molecule has 0 saturated carbocycles. The van der Waals surface area contributed by atoms with Crippen LogP contribution in [-0.2, 0) is 6.42 Å². The van der Waals surface area contributed by atoms with Crippen molar-refractivity contribution in [3.05, 3.63) is 33.8 Å². The molecule has 0 aliphatic rings. The van der Waals surface area contributed by atoms with Crippen molar-refractivity contribution in [2.24, 2.45) is 0 Å². The first-order chi connectivity index (χ1) is 5.75. The fourth-order valence-electron chi connectivity index (χ4n) is 1.06. The molecule has 0 aliphatic heterocycles. The highest BCUT2D eigenvalue weighted by molar-refractivity contribution is 6.35. The van der Waals surface area contributed by atoms with Crippen LogP contribution in [0.4, 0.5) is 0 Å². The monoisotopic (exact) mass is 201 g/mol. The molecule has 0 aliphatic carbocycles. The van der Waals surface area contributed by atoms with E-state index < -0.39 is 0 Å². The second kappa shape index (κ2) is 4.74. The van der Waals surface area contributed by atoms with Crippen LogP contribution in [0.15, 0.2) is 12.1 Å². The summed E-state index contributed by atoms with van der Waals surface area (Å²) in [5.74, 6) is 0. The quantitative estimate of drug-likeness (QED) is 0.690. The smallest absolute Gasteiger partial charge is 0.0531 e. The predicted molar refractivity (Wildman–Crippen MR) is 53.9 cm³/mol. The Morgan fingerprint density at radius 2 is 2.17 bits per heavy atom. The van der Waals surface area contributed by atoms with Gasteiger partial charge in [0.15, 0.2) is 0 Å². The van der Waals surface area contributed by atoms with Crippen molar-refractivity contribution in [3.8, 4) is 0 Å². The number of hydrogen-bond donors (Lipinski definition) is 0. The number of unbranched alkanes of at least 4 members (excludes halogenated alkanes) is 1. The van der Waals surface area contributed by atoms with Gasteiger partial charge in [0.05, 0.1) is 5.02 Å². The van der Waals surface area contributed by atoms with Crippen molar-refractivity contribution in [1.29, 1.82) is 0 Å². The Hall–Kier alpha value is -0.200. The molecule has 0 aromatic heterocycles. The van der Waals surface area contributed by atoms with Crippen molar-refractivity contribution in [2.45, 2.75) is 26.2 Å². The van der Waals surface area contributed by atoms with E-state index >= 15 is 0 Å². The van der Waals surface area contributed by atoms with Crippen LogP contribution in [0, 0.1) is 6.07 Å². The van der Waals surface area contributed by atoms with E-state index in [4.69, 9.17) is 23.2 Å². The first kappa shape index (κ1) is 9.88. The van der Waals surface area contributed by atoms with Gasteiger partial charge in [-0.2, -0.15) is 0 Å². The molecule has 65 valence electrons. The van der Waals surface area contributed by atoms with Gasteiger partial charge in [0.1, 0.15) is 0 Å². The van der Waals surface area contributed by atoms with Gasteiger partial charge in [0.2, 0.25) is 0 Å². The van der Waals surface area contributed by atoms with Gasteiger partial charge in [-0.25, -0.2) is 0 Å². The molecule has 0 saturated heterocycles. The Balaban J connectivity index is 2.81. The second-order valence-electron chi connectivity index (χ2n) is 2.72. The first-order valence-corrected chi connectivity index (χ1v) is 4.86. The van der Waals surface area contributed by atoms with Crippen LogP contribution in [0.1, 0.15) is 25.3 Å². The lowest BCUT2D eigenvalue weighted by molar-refractivity contribution is 0.795. The average Bonchev–Trinajstić information content (AvgIpc) is 2.04. The minimum absolute atomic E-state index is 0.663. The zero-order chi connectivity index (χ0) is 8.97. The largest absolute Gasteiger partial charge is 0.0840 e. The highest BCUT2D eigenvalue weighted by Crippen LogP contribution is 2.25. The molecule has 12 heavy (non-hydrogen) atoms. The maximum atomic E-state index is 5.96. The Labute approximate surface area is 83.5 Å². The van der Waals surface area contributed by atoms with Crippen LogP contribution in [-0.4, -0.2) is 0 Å². The predicted octanol–water partition coefficient (Wildman–Crippen LogP) is 4.14. The minimum atomic E-state index is 0.663. The third kappa shape index (κ3) is 2.40. The number of hydrogen-bond acceptors (Lipinski definition) is 0. The molecule has 0 amide bonds. The highest BCUT2D eigenvalue weighted by Gasteiger charge is 2.03. The molecular formula is C10H11Cl2. The third-order valence-electron chi connectivity index (χ3n) is 1.77. The summed E-state index contributed by atoms with van der Waals surface area (Å²) >= 11 is 11.9. The Kier molecular flexibility index (Phi) is 3.90. The number of halogens is 2. The molecule has 0 fully saturated rings. The van der Waals surface area contributed by atoms with Crippen LogP contribution < -0.4 is 0 Å². The number of rotatable bonds is 3. The molecule has 0 bridgehead atoms. The fraction of sp³-hybridized carbons (Fsp3) is 0.400. The Morgan fingerprint density at radius 3 is 2.75 bits per heavy atom. The summed E-state index contributed by atoms with van der Waals surface area (Å²) in [6.45, 7) is 2.15. The summed E-state index contributed by atoms with van der Waals surface area (Å²) < 4.78 is 0. The van der Waals surface area contributed by atoms with E-state index in [2.05, 4.69) is 13.0 Å². The summed E-state index contributed by atoms with van der Waals surface area (Å²) in [5, 5.41) is 1.42. The van der Waals surface area contributed by atoms with Crippen molar-refractivity contribution in [2.75, 3.05) is 0 Å². The van der Waals surface area contributed by atoms with Crippen molar-refractivity contribution < 1.29 is 0 Å². The van der Waals surface area contributed by atoms with E-state index in [1.54, 1.807) is 6.07 Å². The SMILES string of the molecule is CCCCc1c(Cl)[c]ccc1Cl. The minimum Gasteiger partial charge on any atom is -0.0840 e. The standard InChI is InChI=1S/C10H11Cl2/c1-2-3-5-8-9(11)6-4-7-10(8)12/h4,6H,2-3,5H2,1H3. The van der Waals surface area contributed by atoms with E-state index in [9.17, 15) is 0 Å². The van der Waals surface area contributed by atoms with E-state index in [1.165, 1.54) is 0 Å². The zero-order valence-electron chi connectivity index (χ0n) is 7.03. The molecule has 0 heterocycles. The second-order valence-corrected chi connectivity index (χ2v) is 3.51. The van der Waals surface area contributed by atoms with Crippen molar-refractivity contribution in [3.63, 3.8) is 0 Å². The maximum absolute atomic E-state index is 5.96. The van der Waals surface area contributed by atoms with Gasteiger partial charge in [-0.1, -0.05) is 42.6 Å². The van der Waals surface area contributed by atoms with Crippen LogP contribution in [0.3, 0.4) is 0 Å². The van der Waals surface area contributed by atoms with Crippen LogP contribution in [0.5, 0.6) is 0 Å². The van der Waals surface area contributed by atoms with Crippen LogP contribution in [0.25, 0.3) is 0 Å². The summed E-state index contributed by atoms with van der Waals surface area (Å²) in [7, 11) is 0. The summed E-state index contributed by atoms with van der Waals surface area (Å²) in [6, 6.07) is 6.51. The van der Waals surface area contributed by atoms with Crippen LogP contribution >= 0.6 is 23.2 Å². The molecule has 0 N–H and O–H groups in total. The lowest BCUT2D eigenvalue weighted by Crippen LogP contribution is -1.87. The maximum Gasteiger partial charge on any atom is 0.0531 e. The van der Waals surface area contributed by atoms with Gasteiger partial charge in [0.25, 0.3) is 0 Å². The Morgan fingerprint density at radius 1 is 1.42 bits per heavy atom. The molecule has 1 aromatic carbocycles. The van der Waals surface area contributed by atoms with Crippen LogP contribution in [0.2, 0.25) is 10.0 Å². The van der Waals surface area contributed by atoms with Crippen molar-refractivity contribution in [1.82, 2.24) is 0 Å². The summed E-state index contributed by atoms with van der Waals surface area (Å²) in [4.78, 5) is 0. The fourth-order valence-corrected chi connectivity index (χ4v) is 1.62. The first-order valence-electron chi connectivity index (χ1n) is 4.10. The summed E-state index contributed by atoms with van der Waals surface area (Å²) in [6.07, 6.45) is 3.23. The normalized spacial score (nSPS) is 10.2. The van der Waals surface area contributed by atoms with Gasteiger partial charge in [0, 0.05) is 11.1 Å². The third-order valence-corrected chi connectivity index (χ3v) is 2.46. The highest BCUT2D eigenvalue weighted by atomic mass is 35.5. The van der Waals surface area contributed by atoms with E-state index in [0.29, 0.717) is 5.02 Å². The van der Waals surface area contributed by atoms with E-state index in [-0.39, 0.29) is 0 Å². The Bertz CT molecular complexity index is 236.